The summed E-state index contributed by atoms with van der Waals surface area (Å²) in [6, 6.07) is 10.9. The summed E-state index contributed by atoms with van der Waals surface area (Å²) in [7, 11) is 0. The molecule has 0 radical (unpaired) electrons. The van der Waals surface area contributed by atoms with Gasteiger partial charge < -0.3 is 10.1 Å². The Morgan fingerprint density at radius 1 is 1.29 bits per heavy atom. The summed E-state index contributed by atoms with van der Waals surface area (Å²) in [4.78, 5) is 10.7. The number of carbonyl (C=O) groups excluding carboxylic acids is 1. The van der Waals surface area contributed by atoms with Crippen molar-refractivity contribution in [1.82, 2.24) is 5.32 Å². The molecule has 1 unspecified atom stereocenters. The molecule has 0 saturated heterocycles. The third-order valence-electron chi connectivity index (χ3n) is 2.06. The molecule has 0 saturated carbocycles. The summed E-state index contributed by atoms with van der Waals surface area (Å²) in [5, 5.41) is 11.8. The molecular formula is C13H16N2O2. The van der Waals surface area contributed by atoms with Crippen LogP contribution in [0.1, 0.15) is 26.3 Å². The second-order valence-corrected chi connectivity index (χ2v) is 4.64. The van der Waals surface area contributed by atoms with Crippen molar-refractivity contribution in [3.63, 3.8) is 0 Å². The molecule has 4 nitrogen and oxygen atoms in total. The van der Waals surface area contributed by atoms with Crippen LogP contribution in [0, 0.1) is 11.3 Å². The van der Waals surface area contributed by atoms with Crippen LogP contribution in [0.5, 0.6) is 0 Å². The smallest absolute Gasteiger partial charge is 0.257 e. The normalized spacial score (nSPS) is 14.5. The van der Waals surface area contributed by atoms with Gasteiger partial charge >= 0.3 is 0 Å². The van der Waals surface area contributed by atoms with Crippen LogP contribution in [0.3, 0.4) is 0 Å². The Labute approximate surface area is 101 Å². The minimum absolute atomic E-state index is 0.474. The van der Waals surface area contributed by atoms with Crippen molar-refractivity contribution in [2.24, 2.45) is 0 Å². The summed E-state index contributed by atoms with van der Waals surface area (Å²) in [5.74, 6) is 0. The highest BCUT2D eigenvalue weighted by atomic mass is 16.5. The molecule has 1 aromatic carbocycles. The third kappa shape index (κ3) is 3.30. The van der Waals surface area contributed by atoms with E-state index in [2.05, 4.69) is 5.32 Å². The number of benzene rings is 1. The molecule has 0 aromatic heterocycles. The van der Waals surface area contributed by atoms with Gasteiger partial charge in [-0.3, -0.25) is 4.79 Å². The molecule has 1 aromatic rings. The van der Waals surface area contributed by atoms with E-state index in [0.717, 1.165) is 0 Å². The van der Waals surface area contributed by atoms with Crippen molar-refractivity contribution in [3.8, 4) is 6.07 Å². The van der Waals surface area contributed by atoms with Crippen molar-refractivity contribution < 1.29 is 9.53 Å². The first-order valence-corrected chi connectivity index (χ1v) is 5.32. The Morgan fingerprint density at radius 2 is 1.88 bits per heavy atom. The van der Waals surface area contributed by atoms with Gasteiger partial charge in [-0.1, -0.05) is 30.3 Å². The topological polar surface area (TPSA) is 62.1 Å². The maximum atomic E-state index is 10.7. The van der Waals surface area contributed by atoms with E-state index >= 15 is 0 Å². The lowest BCUT2D eigenvalue weighted by Gasteiger charge is -2.33. The molecule has 0 heterocycles. The lowest BCUT2D eigenvalue weighted by Crippen LogP contribution is -2.47. The number of amides is 1. The van der Waals surface area contributed by atoms with E-state index in [1.54, 1.807) is 24.3 Å². The fourth-order valence-electron chi connectivity index (χ4n) is 1.51. The quantitative estimate of drug-likeness (QED) is 0.637. The number of ether oxygens (including phenoxy) is 1. The van der Waals surface area contributed by atoms with Gasteiger partial charge in [0, 0.05) is 5.56 Å². The maximum absolute atomic E-state index is 10.7. The van der Waals surface area contributed by atoms with Gasteiger partial charge in [-0.05, 0) is 20.8 Å². The molecule has 1 amide bonds. The molecule has 1 atom stereocenters. The molecule has 4 heteroatoms. The first-order valence-electron chi connectivity index (χ1n) is 5.32. The summed E-state index contributed by atoms with van der Waals surface area (Å²) < 4.78 is 5.70. The zero-order chi connectivity index (χ0) is 12.9. The Morgan fingerprint density at radius 3 is 2.29 bits per heavy atom. The van der Waals surface area contributed by atoms with E-state index in [0.29, 0.717) is 12.0 Å². The molecule has 0 aliphatic carbocycles. The van der Waals surface area contributed by atoms with Gasteiger partial charge in [-0.2, -0.15) is 5.26 Å². The first kappa shape index (κ1) is 13.2. The molecule has 1 rings (SSSR count). The van der Waals surface area contributed by atoms with Crippen molar-refractivity contribution in [1.29, 1.82) is 5.26 Å². The van der Waals surface area contributed by atoms with Crippen LogP contribution >= 0.6 is 0 Å². The highest BCUT2D eigenvalue weighted by molar-refractivity contribution is 5.50. The van der Waals surface area contributed by atoms with Gasteiger partial charge in [-0.25, -0.2) is 0 Å². The van der Waals surface area contributed by atoms with Crippen LogP contribution in [0.25, 0.3) is 0 Å². The summed E-state index contributed by atoms with van der Waals surface area (Å²) in [5.41, 5.74) is -1.40. The van der Waals surface area contributed by atoms with E-state index in [-0.39, 0.29) is 0 Å². The Bertz CT molecular complexity index is 417. The van der Waals surface area contributed by atoms with Crippen molar-refractivity contribution in [2.45, 2.75) is 32.1 Å². The number of carbonyl (C=O) groups is 1. The standard InChI is InChI=1S/C13H16N2O2/c1-12(2,3)17-13(9-14,15-10-16)11-7-5-4-6-8-11/h4-8,10H,1-3H3,(H,15,16). The van der Waals surface area contributed by atoms with Crippen LogP contribution in [-0.2, 0) is 15.3 Å². The van der Waals surface area contributed by atoms with Gasteiger partial charge in [0.1, 0.15) is 6.07 Å². The van der Waals surface area contributed by atoms with Gasteiger partial charge in [0.25, 0.3) is 5.72 Å². The van der Waals surface area contributed by atoms with Gasteiger partial charge in [0.05, 0.1) is 5.60 Å². The Hall–Kier alpha value is -1.86. The van der Waals surface area contributed by atoms with Crippen molar-refractivity contribution in [3.05, 3.63) is 35.9 Å². The van der Waals surface area contributed by atoms with E-state index in [4.69, 9.17) is 4.74 Å². The largest absolute Gasteiger partial charge is 0.334 e. The summed E-state index contributed by atoms with van der Waals surface area (Å²) in [6.45, 7) is 5.48. The number of nitrogens with zero attached hydrogens (tertiary/aromatic N) is 1. The van der Waals surface area contributed by atoms with Crippen LogP contribution in [-0.4, -0.2) is 12.0 Å². The average molecular weight is 232 g/mol. The van der Waals surface area contributed by atoms with Gasteiger partial charge in [-0.15, -0.1) is 0 Å². The van der Waals surface area contributed by atoms with Crippen LogP contribution < -0.4 is 5.32 Å². The van der Waals surface area contributed by atoms with Crippen LogP contribution in [0.2, 0.25) is 0 Å². The molecule has 0 fully saturated rings. The zero-order valence-corrected chi connectivity index (χ0v) is 10.2. The SMILES string of the molecule is CC(C)(C)OC(C#N)(NC=O)c1ccccc1. The number of nitriles is 1. The second kappa shape index (κ2) is 4.98. The molecule has 1 N–H and O–H groups in total. The third-order valence-corrected chi connectivity index (χ3v) is 2.06. The number of rotatable bonds is 4. The molecule has 0 aliphatic rings. The number of hydrogen-bond donors (Lipinski definition) is 1. The van der Waals surface area contributed by atoms with Crippen LogP contribution in [0.4, 0.5) is 0 Å². The Kier molecular flexibility index (Phi) is 3.87. The lowest BCUT2D eigenvalue weighted by molar-refractivity contribution is -0.137. The fraction of sp³-hybridized carbons (Fsp3) is 0.385. The highest BCUT2D eigenvalue weighted by Gasteiger charge is 2.37. The minimum atomic E-state index is -1.44. The average Bonchev–Trinajstić information content (AvgIpc) is 2.28. The zero-order valence-electron chi connectivity index (χ0n) is 10.2. The maximum Gasteiger partial charge on any atom is 0.257 e. The summed E-state index contributed by atoms with van der Waals surface area (Å²) >= 11 is 0. The van der Waals surface area contributed by atoms with E-state index in [1.165, 1.54) is 0 Å². The van der Waals surface area contributed by atoms with E-state index in [1.807, 2.05) is 32.9 Å². The minimum Gasteiger partial charge on any atom is -0.334 e. The lowest BCUT2D eigenvalue weighted by atomic mass is 10.0. The fourth-order valence-corrected chi connectivity index (χ4v) is 1.51. The van der Waals surface area contributed by atoms with E-state index < -0.39 is 11.3 Å². The first-order chi connectivity index (χ1) is 7.93. The molecule has 90 valence electrons. The predicted octanol–water partition coefficient (Wildman–Crippen LogP) is 1.92. The van der Waals surface area contributed by atoms with Gasteiger partial charge in [0.2, 0.25) is 6.41 Å². The Balaban J connectivity index is 3.19. The number of nitrogens with one attached hydrogen (secondary N) is 1. The molecule has 17 heavy (non-hydrogen) atoms. The summed E-state index contributed by atoms with van der Waals surface area (Å²) in [6.07, 6.45) is 0.474. The van der Waals surface area contributed by atoms with E-state index in [9.17, 15) is 10.1 Å². The van der Waals surface area contributed by atoms with Gasteiger partial charge in [0.15, 0.2) is 0 Å². The highest BCUT2D eigenvalue weighted by Crippen LogP contribution is 2.27. The van der Waals surface area contributed by atoms with Crippen LogP contribution in [0.15, 0.2) is 30.3 Å². The van der Waals surface area contributed by atoms with Crippen molar-refractivity contribution in [2.75, 3.05) is 0 Å². The molecule has 0 aliphatic heterocycles. The molecule has 0 bridgehead atoms. The number of hydrogen-bond acceptors (Lipinski definition) is 3. The predicted molar refractivity (Wildman–Crippen MR) is 63.8 cm³/mol. The molecular weight excluding hydrogens is 216 g/mol. The monoisotopic (exact) mass is 232 g/mol. The second-order valence-electron chi connectivity index (χ2n) is 4.64. The molecule has 0 spiro atoms. The van der Waals surface area contributed by atoms with Crippen molar-refractivity contribution >= 4 is 6.41 Å².